The van der Waals surface area contributed by atoms with Crippen LogP contribution in [0.1, 0.15) is 23.7 Å². The summed E-state index contributed by atoms with van der Waals surface area (Å²) in [6.07, 6.45) is -0.192. The average Bonchev–Trinajstić information content (AvgIpc) is 2.61. The van der Waals surface area contributed by atoms with Crippen LogP contribution in [-0.4, -0.2) is 29.4 Å². The summed E-state index contributed by atoms with van der Waals surface area (Å²) in [4.78, 5) is 11.7. The van der Waals surface area contributed by atoms with Crippen molar-refractivity contribution in [3.05, 3.63) is 35.9 Å². The summed E-state index contributed by atoms with van der Waals surface area (Å²) in [6, 6.07) is 8.68. The van der Waals surface area contributed by atoms with Crippen LogP contribution in [0.2, 0.25) is 0 Å². The van der Waals surface area contributed by atoms with E-state index in [1.54, 1.807) is 24.3 Å². The molecule has 1 aromatic carbocycles. The number of alkyl halides is 2. The van der Waals surface area contributed by atoms with E-state index in [9.17, 15) is 9.18 Å². The van der Waals surface area contributed by atoms with Gasteiger partial charge in [0.2, 0.25) is 0 Å². The van der Waals surface area contributed by atoms with Gasteiger partial charge in [0, 0.05) is 6.42 Å². The quantitative estimate of drug-likeness (QED) is 0.635. The zero-order valence-corrected chi connectivity index (χ0v) is 11.5. The van der Waals surface area contributed by atoms with Crippen molar-refractivity contribution >= 4 is 21.9 Å². The molecule has 1 fully saturated rings. The predicted octanol–water partition coefficient (Wildman–Crippen LogP) is 3.08. The lowest BCUT2D eigenvalue weighted by molar-refractivity contribution is 0.00816. The van der Waals surface area contributed by atoms with Crippen LogP contribution in [0, 0.1) is 0 Å². The van der Waals surface area contributed by atoms with E-state index in [-0.39, 0.29) is 13.0 Å². The van der Waals surface area contributed by atoms with Gasteiger partial charge in [0.1, 0.15) is 17.3 Å². The number of hydrogen-bond donors (Lipinski definition) is 0. The Morgan fingerprint density at radius 1 is 1.56 bits per heavy atom. The lowest BCUT2D eigenvalue weighted by Crippen LogP contribution is -2.24. The van der Waals surface area contributed by atoms with Gasteiger partial charge >= 0.3 is 5.97 Å². The van der Waals surface area contributed by atoms with E-state index < -0.39 is 22.8 Å². The Bertz CT molecular complexity index is 422. The molecule has 0 bridgehead atoms. The van der Waals surface area contributed by atoms with Crippen molar-refractivity contribution in [1.29, 1.82) is 0 Å². The summed E-state index contributed by atoms with van der Waals surface area (Å²) in [5.74, 6) is -0.419. The Balaban J connectivity index is 1.85. The van der Waals surface area contributed by atoms with Gasteiger partial charge in [0.25, 0.3) is 0 Å². The number of esters is 1. The molecule has 98 valence electrons. The first-order valence-electron chi connectivity index (χ1n) is 5.69. The fourth-order valence-corrected chi connectivity index (χ4v) is 2.31. The SMILES string of the molecule is CC1(F)CC(COC(=O)c2ccccc2)OC1Br. The highest BCUT2D eigenvalue weighted by molar-refractivity contribution is 9.09. The average molecular weight is 317 g/mol. The molecule has 0 aliphatic carbocycles. The first-order valence-corrected chi connectivity index (χ1v) is 6.61. The van der Waals surface area contributed by atoms with Crippen LogP contribution in [-0.2, 0) is 9.47 Å². The normalized spacial score (nSPS) is 31.3. The minimum atomic E-state index is -1.43. The second-order valence-electron chi connectivity index (χ2n) is 4.52. The number of carbonyl (C=O) groups excluding carboxylic acids is 1. The van der Waals surface area contributed by atoms with E-state index in [1.165, 1.54) is 6.92 Å². The van der Waals surface area contributed by atoms with Gasteiger partial charge in [0.05, 0.1) is 11.7 Å². The highest BCUT2D eigenvalue weighted by Crippen LogP contribution is 2.37. The monoisotopic (exact) mass is 316 g/mol. The lowest BCUT2D eigenvalue weighted by atomic mass is 10.1. The number of benzene rings is 1. The maximum absolute atomic E-state index is 13.8. The maximum Gasteiger partial charge on any atom is 0.338 e. The Labute approximate surface area is 113 Å². The van der Waals surface area contributed by atoms with Crippen LogP contribution in [0.4, 0.5) is 4.39 Å². The van der Waals surface area contributed by atoms with Gasteiger partial charge in [0.15, 0.2) is 0 Å². The first kappa shape index (κ1) is 13.5. The fraction of sp³-hybridized carbons (Fsp3) is 0.462. The molecular formula is C13H14BrFO3. The highest BCUT2D eigenvalue weighted by atomic mass is 79.9. The van der Waals surface area contributed by atoms with Crippen molar-refractivity contribution < 1.29 is 18.7 Å². The van der Waals surface area contributed by atoms with Crippen LogP contribution in [0.25, 0.3) is 0 Å². The van der Waals surface area contributed by atoms with E-state index in [2.05, 4.69) is 15.9 Å². The molecule has 0 aromatic heterocycles. The van der Waals surface area contributed by atoms with Crippen molar-refractivity contribution in [1.82, 2.24) is 0 Å². The zero-order valence-electron chi connectivity index (χ0n) is 9.94. The Morgan fingerprint density at radius 2 is 2.22 bits per heavy atom. The summed E-state index contributed by atoms with van der Waals surface area (Å²) in [6.45, 7) is 1.53. The first-order chi connectivity index (χ1) is 8.49. The molecule has 1 saturated heterocycles. The van der Waals surface area contributed by atoms with Crippen molar-refractivity contribution in [3.8, 4) is 0 Å². The molecular weight excluding hydrogens is 303 g/mol. The molecule has 0 N–H and O–H groups in total. The molecule has 5 heteroatoms. The largest absolute Gasteiger partial charge is 0.459 e. The molecule has 3 atom stereocenters. The molecule has 1 aliphatic rings. The van der Waals surface area contributed by atoms with Gasteiger partial charge in [-0.25, -0.2) is 9.18 Å². The van der Waals surface area contributed by atoms with E-state index in [0.717, 1.165) is 0 Å². The summed E-state index contributed by atoms with van der Waals surface area (Å²) in [5.41, 5.74) is -0.946. The third-order valence-electron chi connectivity index (χ3n) is 2.82. The summed E-state index contributed by atoms with van der Waals surface area (Å²) in [5, 5.41) is -0.648. The van der Waals surface area contributed by atoms with Gasteiger partial charge in [-0.15, -0.1) is 0 Å². The topological polar surface area (TPSA) is 35.5 Å². The van der Waals surface area contributed by atoms with Crippen LogP contribution in [0.15, 0.2) is 30.3 Å². The summed E-state index contributed by atoms with van der Waals surface area (Å²) in [7, 11) is 0. The van der Waals surface area contributed by atoms with Crippen molar-refractivity contribution in [2.75, 3.05) is 6.61 Å². The molecule has 18 heavy (non-hydrogen) atoms. The second-order valence-corrected chi connectivity index (χ2v) is 5.35. The summed E-state index contributed by atoms with van der Waals surface area (Å²) >= 11 is 3.11. The second kappa shape index (κ2) is 5.36. The molecule has 2 rings (SSSR count). The van der Waals surface area contributed by atoms with Gasteiger partial charge in [-0.3, -0.25) is 0 Å². The lowest BCUT2D eigenvalue weighted by Gasteiger charge is -2.13. The smallest absolute Gasteiger partial charge is 0.338 e. The molecule has 3 nitrogen and oxygen atoms in total. The van der Waals surface area contributed by atoms with Crippen molar-refractivity contribution in [3.63, 3.8) is 0 Å². The molecule has 1 aromatic rings. The van der Waals surface area contributed by atoms with E-state index >= 15 is 0 Å². The standard InChI is InChI=1S/C13H14BrFO3/c1-13(15)7-10(18-12(13)14)8-17-11(16)9-5-3-2-4-6-9/h2-6,10,12H,7-8H2,1H3. The third-order valence-corrected chi connectivity index (χ3v) is 3.99. The van der Waals surface area contributed by atoms with Crippen molar-refractivity contribution in [2.24, 2.45) is 0 Å². The van der Waals surface area contributed by atoms with E-state index in [0.29, 0.717) is 5.56 Å². The number of hydrogen-bond acceptors (Lipinski definition) is 3. The molecule has 1 aliphatic heterocycles. The third kappa shape index (κ3) is 3.09. The number of carbonyl (C=O) groups is 1. The van der Waals surface area contributed by atoms with Crippen LogP contribution in [0.3, 0.4) is 0 Å². The number of rotatable bonds is 3. The Morgan fingerprint density at radius 3 is 2.78 bits per heavy atom. The van der Waals surface area contributed by atoms with Crippen molar-refractivity contribution in [2.45, 2.75) is 30.1 Å². The maximum atomic E-state index is 13.8. The van der Waals surface area contributed by atoms with E-state index in [4.69, 9.17) is 9.47 Å². The van der Waals surface area contributed by atoms with Crippen LogP contribution < -0.4 is 0 Å². The molecule has 0 radical (unpaired) electrons. The molecule has 0 amide bonds. The Kier molecular flexibility index (Phi) is 4.02. The van der Waals surface area contributed by atoms with Gasteiger partial charge in [-0.05, 0) is 19.1 Å². The summed E-state index contributed by atoms with van der Waals surface area (Å²) < 4.78 is 24.2. The highest BCUT2D eigenvalue weighted by Gasteiger charge is 2.44. The minimum absolute atomic E-state index is 0.0648. The molecule has 0 spiro atoms. The predicted molar refractivity (Wildman–Crippen MR) is 68.4 cm³/mol. The van der Waals surface area contributed by atoms with E-state index in [1.807, 2.05) is 6.07 Å². The fourth-order valence-electron chi connectivity index (χ4n) is 1.82. The molecule has 1 heterocycles. The number of ether oxygens (including phenoxy) is 2. The van der Waals surface area contributed by atoms with Gasteiger partial charge < -0.3 is 9.47 Å². The zero-order chi connectivity index (χ0) is 13.2. The van der Waals surface area contributed by atoms with Crippen LogP contribution >= 0.6 is 15.9 Å². The minimum Gasteiger partial charge on any atom is -0.459 e. The molecule has 0 saturated carbocycles. The Hall–Kier alpha value is -0.940. The van der Waals surface area contributed by atoms with Gasteiger partial charge in [-0.2, -0.15) is 0 Å². The number of halogens is 2. The van der Waals surface area contributed by atoms with Crippen LogP contribution in [0.5, 0.6) is 0 Å². The molecule has 3 unspecified atom stereocenters. The van der Waals surface area contributed by atoms with Gasteiger partial charge in [-0.1, -0.05) is 34.1 Å².